The molecule has 1 aromatic heterocycles. The number of rotatable bonds is 1. The second kappa shape index (κ2) is 3.23. The third kappa shape index (κ3) is 1.52. The Kier molecular flexibility index (Phi) is 2.05. The predicted octanol–water partition coefficient (Wildman–Crippen LogP) is 2.31. The number of nitrogens with two attached hydrogens (primary N) is 1. The van der Waals surface area contributed by atoms with Crippen LogP contribution in [0.2, 0.25) is 5.02 Å². The Bertz CT molecular complexity index is 492. The van der Waals surface area contributed by atoms with Crippen molar-refractivity contribution in [2.24, 2.45) is 5.73 Å². The predicted molar refractivity (Wildman–Crippen MR) is 56.5 cm³/mol. The van der Waals surface area contributed by atoms with Gasteiger partial charge >= 0.3 is 6.03 Å². The van der Waals surface area contributed by atoms with Gasteiger partial charge in [0.05, 0.1) is 5.69 Å². The van der Waals surface area contributed by atoms with Crippen LogP contribution in [0.15, 0.2) is 24.4 Å². The maximum absolute atomic E-state index is 10.7. The van der Waals surface area contributed by atoms with Crippen LogP contribution in [-0.2, 0) is 0 Å². The number of amides is 2. The summed E-state index contributed by atoms with van der Waals surface area (Å²) in [6.07, 6.45) is 1.77. The van der Waals surface area contributed by atoms with Crippen LogP contribution in [0.1, 0.15) is 0 Å². The summed E-state index contributed by atoms with van der Waals surface area (Å²) < 4.78 is 0. The monoisotopic (exact) mass is 209 g/mol. The summed E-state index contributed by atoms with van der Waals surface area (Å²) in [4.78, 5) is 13.7. The fraction of sp³-hybridized carbons (Fsp3) is 0. The number of urea groups is 1. The first-order valence-electron chi connectivity index (χ1n) is 4.00. The number of aromatic nitrogens is 1. The number of fused-ring (bicyclic) bond motifs is 1. The maximum atomic E-state index is 10.7. The number of halogens is 1. The summed E-state index contributed by atoms with van der Waals surface area (Å²) in [7, 11) is 0. The number of carbonyl (C=O) groups is 1. The quantitative estimate of drug-likeness (QED) is 0.663. The number of anilines is 1. The van der Waals surface area contributed by atoms with E-state index in [0.29, 0.717) is 10.7 Å². The number of hydrogen-bond acceptors (Lipinski definition) is 1. The molecule has 0 atom stereocenters. The van der Waals surface area contributed by atoms with Gasteiger partial charge < -0.3 is 16.0 Å². The number of benzene rings is 1. The highest BCUT2D eigenvalue weighted by molar-refractivity contribution is 6.32. The van der Waals surface area contributed by atoms with Crippen LogP contribution < -0.4 is 11.1 Å². The lowest BCUT2D eigenvalue weighted by atomic mass is 10.2. The molecule has 0 aliphatic heterocycles. The van der Waals surface area contributed by atoms with Gasteiger partial charge in [-0.3, -0.25) is 0 Å². The zero-order chi connectivity index (χ0) is 10.1. The zero-order valence-corrected chi connectivity index (χ0v) is 7.93. The van der Waals surface area contributed by atoms with E-state index in [-0.39, 0.29) is 0 Å². The Morgan fingerprint density at radius 3 is 3.00 bits per heavy atom. The van der Waals surface area contributed by atoms with Gasteiger partial charge in [0.2, 0.25) is 0 Å². The van der Waals surface area contributed by atoms with Crippen LogP contribution in [0.3, 0.4) is 0 Å². The molecule has 0 unspecified atom stereocenters. The van der Waals surface area contributed by atoms with Crippen LogP contribution in [0.25, 0.3) is 10.9 Å². The first kappa shape index (κ1) is 8.90. The molecule has 0 fully saturated rings. The molecule has 2 aromatic rings. The summed E-state index contributed by atoms with van der Waals surface area (Å²) in [5.41, 5.74) is 6.51. The highest BCUT2D eigenvalue weighted by Crippen LogP contribution is 2.26. The molecule has 0 radical (unpaired) electrons. The van der Waals surface area contributed by atoms with Gasteiger partial charge in [-0.2, -0.15) is 0 Å². The minimum Gasteiger partial charge on any atom is -0.361 e. The molecule has 0 bridgehead atoms. The van der Waals surface area contributed by atoms with Crippen molar-refractivity contribution in [2.75, 3.05) is 5.32 Å². The molecule has 1 aromatic carbocycles. The van der Waals surface area contributed by atoms with Gasteiger partial charge in [0, 0.05) is 22.1 Å². The van der Waals surface area contributed by atoms with Crippen LogP contribution in [0, 0.1) is 0 Å². The van der Waals surface area contributed by atoms with Crippen LogP contribution in [-0.4, -0.2) is 11.0 Å². The number of aromatic amines is 1. The van der Waals surface area contributed by atoms with Gasteiger partial charge in [0.1, 0.15) is 0 Å². The summed E-state index contributed by atoms with van der Waals surface area (Å²) in [6.45, 7) is 0. The van der Waals surface area contributed by atoms with Crippen LogP contribution in [0.5, 0.6) is 0 Å². The minimum atomic E-state index is -0.602. The van der Waals surface area contributed by atoms with Gasteiger partial charge in [-0.1, -0.05) is 11.6 Å². The average molecular weight is 210 g/mol. The van der Waals surface area contributed by atoms with Gasteiger partial charge in [-0.25, -0.2) is 4.79 Å². The largest absolute Gasteiger partial charge is 0.361 e. The Balaban J connectivity index is 2.60. The number of primary amides is 1. The summed E-state index contributed by atoms with van der Waals surface area (Å²) in [5.74, 6) is 0. The molecular weight excluding hydrogens is 202 g/mol. The van der Waals surface area contributed by atoms with Crippen molar-refractivity contribution in [1.82, 2.24) is 4.98 Å². The minimum absolute atomic E-state index is 0.545. The lowest BCUT2D eigenvalue weighted by Gasteiger charge is -2.03. The van der Waals surface area contributed by atoms with Crippen molar-refractivity contribution in [3.05, 3.63) is 29.4 Å². The van der Waals surface area contributed by atoms with E-state index < -0.39 is 6.03 Å². The van der Waals surface area contributed by atoms with E-state index in [1.54, 1.807) is 18.3 Å². The Morgan fingerprint density at radius 1 is 1.50 bits per heavy atom. The van der Waals surface area contributed by atoms with E-state index in [1.807, 2.05) is 6.07 Å². The molecule has 2 rings (SSSR count). The topological polar surface area (TPSA) is 70.9 Å². The van der Waals surface area contributed by atoms with Crippen molar-refractivity contribution in [1.29, 1.82) is 0 Å². The normalized spacial score (nSPS) is 10.4. The summed E-state index contributed by atoms with van der Waals surface area (Å²) in [5, 5.41) is 3.94. The van der Waals surface area contributed by atoms with Crippen molar-refractivity contribution in [3.8, 4) is 0 Å². The highest BCUT2D eigenvalue weighted by atomic mass is 35.5. The maximum Gasteiger partial charge on any atom is 0.316 e. The van der Waals surface area contributed by atoms with E-state index in [2.05, 4.69) is 10.3 Å². The third-order valence-electron chi connectivity index (χ3n) is 1.89. The summed E-state index contributed by atoms with van der Waals surface area (Å²) >= 11 is 5.85. The molecule has 4 nitrogen and oxygen atoms in total. The second-order valence-electron chi connectivity index (χ2n) is 2.88. The SMILES string of the molecule is NC(=O)Nc1cc(Cl)cc2[nH]ccc12. The van der Waals surface area contributed by atoms with E-state index in [4.69, 9.17) is 17.3 Å². The Labute approximate surface area is 85.0 Å². The molecule has 14 heavy (non-hydrogen) atoms. The molecule has 5 heteroatoms. The number of nitrogens with one attached hydrogen (secondary N) is 2. The van der Waals surface area contributed by atoms with Crippen molar-refractivity contribution >= 4 is 34.2 Å². The average Bonchev–Trinajstić information content (AvgIpc) is 2.50. The van der Waals surface area contributed by atoms with E-state index >= 15 is 0 Å². The molecule has 0 saturated heterocycles. The fourth-order valence-electron chi connectivity index (χ4n) is 1.37. The molecule has 4 N–H and O–H groups in total. The molecule has 1 heterocycles. The van der Waals surface area contributed by atoms with Gasteiger partial charge in [0.25, 0.3) is 0 Å². The molecule has 2 amide bonds. The number of H-pyrrole nitrogens is 1. The zero-order valence-electron chi connectivity index (χ0n) is 7.17. The van der Waals surface area contributed by atoms with Crippen molar-refractivity contribution in [3.63, 3.8) is 0 Å². The smallest absolute Gasteiger partial charge is 0.316 e. The lowest BCUT2D eigenvalue weighted by molar-refractivity contribution is 0.259. The third-order valence-corrected chi connectivity index (χ3v) is 2.11. The fourth-order valence-corrected chi connectivity index (χ4v) is 1.59. The highest BCUT2D eigenvalue weighted by Gasteiger charge is 2.05. The first-order valence-corrected chi connectivity index (χ1v) is 4.38. The first-order chi connectivity index (χ1) is 6.66. The standard InChI is InChI=1S/C9H8ClN3O/c10-5-3-7-6(1-2-12-7)8(4-5)13-9(11)14/h1-4,12H,(H3,11,13,14). The molecule has 0 spiro atoms. The molecular formula is C9H8ClN3O. The van der Waals surface area contributed by atoms with Crippen LogP contribution in [0.4, 0.5) is 10.5 Å². The summed E-state index contributed by atoms with van der Waals surface area (Å²) in [6, 6.07) is 4.68. The van der Waals surface area contributed by atoms with E-state index in [1.165, 1.54) is 0 Å². The lowest BCUT2D eigenvalue weighted by Crippen LogP contribution is -2.19. The van der Waals surface area contributed by atoms with Crippen LogP contribution >= 0.6 is 11.6 Å². The van der Waals surface area contributed by atoms with E-state index in [0.717, 1.165) is 10.9 Å². The molecule has 72 valence electrons. The number of hydrogen-bond donors (Lipinski definition) is 3. The van der Waals surface area contributed by atoms with Gasteiger partial charge in [-0.05, 0) is 18.2 Å². The van der Waals surface area contributed by atoms with Crippen molar-refractivity contribution < 1.29 is 4.79 Å². The Morgan fingerprint density at radius 2 is 2.29 bits per heavy atom. The van der Waals surface area contributed by atoms with Crippen molar-refractivity contribution in [2.45, 2.75) is 0 Å². The number of carbonyl (C=O) groups excluding carboxylic acids is 1. The second-order valence-corrected chi connectivity index (χ2v) is 3.32. The van der Waals surface area contributed by atoms with Gasteiger partial charge in [0.15, 0.2) is 0 Å². The Hall–Kier alpha value is -1.68. The molecule has 0 aliphatic carbocycles. The molecule has 0 aliphatic rings. The van der Waals surface area contributed by atoms with Gasteiger partial charge in [-0.15, -0.1) is 0 Å². The molecule has 0 saturated carbocycles. The van der Waals surface area contributed by atoms with E-state index in [9.17, 15) is 4.79 Å².